The van der Waals surface area contributed by atoms with Crippen molar-refractivity contribution in [2.45, 2.75) is 30.3 Å². The Morgan fingerprint density at radius 1 is 0.969 bits per heavy atom. The molecule has 5 rings (SSSR count). The first kappa shape index (κ1) is 20.5. The molecule has 3 unspecified atom stereocenters. The lowest BCUT2D eigenvalue weighted by Crippen LogP contribution is -2.58. The van der Waals surface area contributed by atoms with Gasteiger partial charge in [0.05, 0.1) is 0 Å². The second-order valence-electron chi connectivity index (χ2n) is 8.73. The Hall–Kier alpha value is -3.44. The van der Waals surface area contributed by atoms with Crippen molar-refractivity contribution in [2.75, 3.05) is 0 Å². The van der Waals surface area contributed by atoms with E-state index in [2.05, 4.69) is 0 Å². The van der Waals surface area contributed by atoms with Crippen LogP contribution in [0.5, 0.6) is 0 Å². The Labute approximate surface area is 185 Å². The van der Waals surface area contributed by atoms with Gasteiger partial charge in [-0.15, -0.1) is 0 Å². The number of rotatable bonds is 3. The van der Waals surface area contributed by atoms with E-state index in [0.29, 0.717) is 16.7 Å². The van der Waals surface area contributed by atoms with Gasteiger partial charge < -0.3 is 14.8 Å². The number of para-hydroxylation sites is 1. The first-order chi connectivity index (χ1) is 15.3. The fraction of sp³-hybridized carbons (Fsp3) is 0.222. The molecule has 2 N–H and O–H groups in total. The van der Waals surface area contributed by atoms with Gasteiger partial charge in [-0.3, -0.25) is 4.79 Å². The second-order valence-corrected chi connectivity index (χ2v) is 8.73. The van der Waals surface area contributed by atoms with E-state index in [0.717, 1.165) is 16.6 Å². The van der Waals surface area contributed by atoms with Crippen molar-refractivity contribution >= 4 is 16.9 Å². The van der Waals surface area contributed by atoms with E-state index in [1.807, 2.05) is 48.9 Å². The van der Waals surface area contributed by atoms with Crippen LogP contribution in [0, 0.1) is 5.82 Å². The van der Waals surface area contributed by atoms with E-state index in [1.165, 1.54) is 24.3 Å². The Morgan fingerprint density at radius 2 is 1.59 bits per heavy atom. The number of benzene rings is 3. The predicted molar refractivity (Wildman–Crippen MR) is 121 cm³/mol. The van der Waals surface area contributed by atoms with Crippen molar-refractivity contribution < 1.29 is 19.4 Å². The zero-order valence-corrected chi connectivity index (χ0v) is 17.9. The van der Waals surface area contributed by atoms with E-state index in [4.69, 9.17) is 0 Å². The fourth-order valence-electron chi connectivity index (χ4n) is 5.82. The van der Waals surface area contributed by atoms with Crippen molar-refractivity contribution in [2.24, 2.45) is 7.05 Å². The minimum Gasteiger partial charge on any atom is -0.480 e. The molecule has 0 radical (unpaired) electrons. The van der Waals surface area contributed by atoms with Crippen molar-refractivity contribution in [1.29, 1.82) is 0 Å². The van der Waals surface area contributed by atoms with Crippen molar-refractivity contribution in [3.05, 3.63) is 107 Å². The van der Waals surface area contributed by atoms with Gasteiger partial charge in [0.2, 0.25) is 0 Å². The van der Waals surface area contributed by atoms with Gasteiger partial charge in [0.1, 0.15) is 11.4 Å². The monoisotopic (exact) mass is 429 g/mol. The van der Waals surface area contributed by atoms with Crippen LogP contribution in [0.1, 0.15) is 41.6 Å². The topological polar surface area (TPSA) is 62.5 Å². The van der Waals surface area contributed by atoms with Crippen molar-refractivity contribution in [3.8, 4) is 0 Å². The largest absolute Gasteiger partial charge is 0.480 e. The maximum Gasteiger partial charge on any atom is 0.322 e. The summed E-state index contributed by atoms with van der Waals surface area (Å²) in [6, 6.07) is 22.1. The van der Waals surface area contributed by atoms with Crippen LogP contribution in [0.15, 0.2) is 78.9 Å². The summed E-state index contributed by atoms with van der Waals surface area (Å²) in [7, 11) is 1.93. The number of aryl methyl sites for hydroxylation is 1. The van der Waals surface area contributed by atoms with E-state index in [-0.39, 0.29) is 12.3 Å². The van der Waals surface area contributed by atoms with E-state index < -0.39 is 22.8 Å². The maximum atomic E-state index is 13.9. The SMILES string of the molecule is CC1CC(O)(c2ccccc2)C(C(=O)O)(c2ccc(F)cc2)c2c1n(C)c1ccccc21. The second kappa shape index (κ2) is 7.04. The molecule has 0 aliphatic heterocycles. The number of halogens is 1. The molecule has 1 aliphatic rings. The van der Waals surface area contributed by atoms with Gasteiger partial charge in [-0.2, -0.15) is 0 Å². The number of carbonyl (C=O) groups is 1. The number of aliphatic carboxylic acids is 1. The van der Waals surface area contributed by atoms with Gasteiger partial charge in [0.15, 0.2) is 5.41 Å². The molecular weight excluding hydrogens is 405 g/mol. The molecule has 4 nitrogen and oxygen atoms in total. The maximum absolute atomic E-state index is 13.9. The zero-order valence-electron chi connectivity index (χ0n) is 17.9. The highest BCUT2D eigenvalue weighted by molar-refractivity contribution is 5.98. The predicted octanol–water partition coefficient (Wildman–Crippen LogP) is 5.08. The van der Waals surface area contributed by atoms with Crippen molar-refractivity contribution in [1.82, 2.24) is 4.57 Å². The molecule has 3 aromatic carbocycles. The van der Waals surface area contributed by atoms with Gasteiger partial charge in [0, 0.05) is 29.2 Å². The van der Waals surface area contributed by atoms with Crippen LogP contribution in [0.2, 0.25) is 0 Å². The normalized spacial score (nSPS) is 24.9. The molecule has 1 aliphatic carbocycles. The summed E-state index contributed by atoms with van der Waals surface area (Å²) in [6.07, 6.45) is 0.206. The van der Waals surface area contributed by atoms with E-state index in [1.54, 1.807) is 24.3 Å². The lowest BCUT2D eigenvalue weighted by Gasteiger charge is -2.50. The lowest BCUT2D eigenvalue weighted by atomic mass is 9.54. The van der Waals surface area contributed by atoms with Crippen LogP contribution in [0.3, 0.4) is 0 Å². The molecule has 0 saturated heterocycles. The molecule has 1 aromatic heterocycles. The van der Waals surface area contributed by atoms with Gasteiger partial charge in [-0.1, -0.05) is 67.6 Å². The molecule has 0 spiro atoms. The Morgan fingerprint density at radius 3 is 2.25 bits per heavy atom. The average Bonchev–Trinajstić information content (AvgIpc) is 3.09. The third kappa shape index (κ3) is 2.49. The van der Waals surface area contributed by atoms with Crippen LogP contribution in [0.4, 0.5) is 4.39 Å². The molecule has 0 amide bonds. The fourth-order valence-corrected chi connectivity index (χ4v) is 5.82. The number of nitrogens with zero attached hydrogens (tertiary/aromatic N) is 1. The Bertz CT molecular complexity index is 1330. The van der Waals surface area contributed by atoms with Gasteiger partial charge in [-0.05, 0) is 41.7 Å². The van der Waals surface area contributed by atoms with Crippen LogP contribution in [-0.2, 0) is 22.9 Å². The van der Waals surface area contributed by atoms with Crippen LogP contribution in [-0.4, -0.2) is 20.7 Å². The number of hydrogen-bond acceptors (Lipinski definition) is 2. The minimum atomic E-state index is -1.83. The number of aromatic nitrogens is 1. The van der Waals surface area contributed by atoms with E-state index in [9.17, 15) is 19.4 Å². The molecule has 3 atom stereocenters. The first-order valence-electron chi connectivity index (χ1n) is 10.7. The molecule has 162 valence electrons. The molecule has 32 heavy (non-hydrogen) atoms. The van der Waals surface area contributed by atoms with Gasteiger partial charge in [0.25, 0.3) is 0 Å². The summed E-state index contributed by atoms with van der Waals surface area (Å²) in [5.74, 6) is -1.74. The highest BCUT2D eigenvalue weighted by Gasteiger charge is 2.64. The molecule has 0 bridgehead atoms. The number of carboxylic acids is 1. The summed E-state index contributed by atoms with van der Waals surface area (Å²) in [4.78, 5) is 13.4. The summed E-state index contributed by atoms with van der Waals surface area (Å²) in [6.45, 7) is 2.02. The number of aliphatic hydroxyl groups is 1. The zero-order chi connectivity index (χ0) is 22.7. The molecule has 4 aromatic rings. The van der Waals surface area contributed by atoms with Gasteiger partial charge >= 0.3 is 5.97 Å². The molecule has 1 heterocycles. The average molecular weight is 429 g/mol. The third-order valence-corrected chi connectivity index (χ3v) is 7.07. The number of carboxylic acid groups (broad SMARTS) is 1. The number of hydrogen-bond donors (Lipinski definition) is 2. The molecule has 5 heteroatoms. The highest BCUT2D eigenvalue weighted by Crippen LogP contribution is 2.59. The summed E-state index contributed by atoms with van der Waals surface area (Å²) < 4.78 is 15.9. The minimum absolute atomic E-state index is 0.111. The Kier molecular flexibility index (Phi) is 4.50. The quantitative estimate of drug-likeness (QED) is 0.477. The van der Waals surface area contributed by atoms with Gasteiger partial charge in [-0.25, -0.2) is 4.39 Å². The van der Waals surface area contributed by atoms with Crippen LogP contribution >= 0.6 is 0 Å². The summed E-state index contributed by atoms with van der Waals surface area (Å²) in [5.41, 5.74) is -0.369. The molecular formula is C27H24FNO3. The lowest BCUT2D eigenvalue weighted by molar-refractivity contribution is -0.156. The van der Waals surface area contributed by atoms with Crippen LogP contribution < -0.4 is 0 Å². The van der Waals surface area contributed by atoms with E-state index >= 15 is 0 Å². The third-order valence-electron chi connectivity index (χ3n) is 7.07. The highest BCUT2D eigenvalue weighted by atomic mass is 19.1. The molecule has 0 saturated carbocycles. The number of fused-ring (bicyclic) bond motifs is 3. The Balaban J connectivity index is 2.01. The van der Waals surface area contributed by atoms with Crippen LogP contribution in [0.25, 0.3) is 10.9 Å². The smallest absolute Gasteiger partial charge is 0.322 e. The summed E-state index contributed by atoms with van der Waals surface area (Å²) in [5, 5.41) is 24.2. The summed E-state index contributed by atoms with van der Waals surface area (Å²) >= 11 is 0. The standard InChI is InChI=1S/C27H24FNO3/c1-17-16-26(32,18-8-4-3-5-9-18)27(25(30)31,19-12-14-20(28)15-13-19)23-21-10-6-7-11-22(21)29(2)24(17)23/h3-15,17,32H,16H2,1-2H3,(H,30,31). The first-order valence-corrected chi connectivity index (χ1v) is 10.7. The van der Waals surface area contributed by atoms with Crippen molar-refractivity contribution in [3.63, 3.8) is 0 Å². The molecule has 0 fully saturated rings.